The maximum atomic E-state index is 2.14. The van der Waals surface area contributed by atoms with Gasteiger partial charge in [-0.15, -0.1) is 45.3 Å². The van der Waals surface area contributed by atoms with E-state index in [1.165, 1.54) is 41.8 Å². The van der Waals surface area contributed by atoms with E-state index in [0.29, 0.717) is 0 Å². The second-order valence-electron chi connectivity index (χ2n) is 9.37. The molecule has 0 saturated carbocycles. The van der Waals surface area contributed by atoms with E-state index in [2.05, 4.69) is 167 Å². The van der Waals surface area contributed by atoms with Crippen LogP contribution >= 0.6 is 45.3 Å². The van der Waals surface area contributed by atoms with Crippen LogP contribution in [0.2, 0.25) is 0 Å². The molecule has 0 nitrogen and oxygen atoms in total. The van der Waals surface area contributed by atoms with Crippen molar-refractivity contribution in [1.29, 1.82) is 0 Å². The Morgan fingerprint density at radius 1 is 0.205 bits per heavy atom. The van der Waals surface area contributed by atoms with E-state index in [1.54, 1.807) is 45.3 Å². The van der Waals surface area contributed by atoms with E-state index < -0.39 is 0 Å². The monoisotopic (exact) mass is 640 g/mol. The molecule has 4 aromatic carbocycles. The Balaban J connectivity index is 0.000000116. The molecule has 0 radical (unpaired) electrons. The van der Waals surface area contributed by atoms with E-state index in [1.807, 2.05) is 24.3 Å². The lowest BCUT2D eigenvalue weighted by molar-refractivity contribution is 1.70. The fourth-order valence-electron chi connectivity index (χ4n) is 4.18. The van der Waals surface area contributed by atoms with Crippen molar-refractivity contribution in [3.63, 3.8) is 0 Å². The lowest BCUT2D eigenvalue weighted by atomic mass is 10.2. The van der Waals surface area contributed by atoms with E-state index in [-0.39, 0.29) is 0 Å². The van der Waals surface area contributed by atoms with Crippen LogP contribution in [-0.2, 0) is 0 Å². The Hall–Kier alpha value is -4.32. The highest BCUT2D eigenvalue weighted by Crippen LogP contribution is 2.26. The molecule has 0 fully saturated rings. The van der Waals surface area contributed by atoms with Crippen molar-refractivity contribution in [3.05, 3.63) is 191 Å². The summed E-state index contributed by atoms with van der Waals surface area (Å²) in [6, 6.07) is 58.6. The first-order chi connectivity index (χ1) is 21.9. The molecule has 216 valence electrons. The van der Waals surface area contributed by atoms with Crippen molar-refractivity contribution >= 4 is 45.3 Å². The molecule has 0 unspecified atom stereocenters. The van der Waals surface area contributed by atoms with Crippen molar-refractivity contribution in [2.24, 2.45) is 0 Å². The summed E-state index contributed by atoms with van der Waals surface area (Å²) in [5, 5.41) is 8.40. The molecule has 0 aliphatic heterocycles. The zero-order chi connectivity index (χ0) is 30.1. The summed E-state index contributed by atoms with van der Waals surface area (Å²) in [5.74, 6) is 0. The maximum Gasteiger partial charge on any atom is 0.0342 e. The van der Waals surface area contributed by atoms with Crippen LogP contribution in [0.1, 0.15) is 0 Å². The molecule has 8 aromatic rings. The summed E-state index contributed by atoms with van der Waals surface area (Å²) in [7, 11) is 0. The Bertz CT molecular complexity index is 1510. The largest absolute Gasteiger partial charge is 0.144 e. The first kappa shape index (κ1) is 31.1. The van der Waals surface area contributed by atoms with Gasteiger partial charge in [-0.2, -0.15) is 0 Å². The summed E-state index contributed by atoms with van der Waals surface area (Å²) >= 11 is 7.10. The quantitative estimate of drug-likeness (QED) is 0.180. The van der Waals surface area contributed by atoms with Gasteiger partial charge in [0.15, 0.2) is 0 Å². The highest BCUT2D eigenvalue weighted by atomic mass is 32.1. The third-order valence-corrected chi connectivity index (χ3v) is 9.99. The third-order valence-electron chi connectivity index (χ3n) is 6.32. The number of hydrogen-bond acceptors (Lipinski definition) is 4. The minimum absolute atomic E-state index is 1.31. The average Bonchev–Trinajstić information content (AvgIpc) is 3.96. The Morgan fingerprint density at radius 3 is 0.568 bits per heavy atom. The minimum atomic E-state index is 1.31. The second kappa shape index (κ2) is 17.7. The van der Waals surface area contributed by atoms with Crippen LogP contribution in [-0.4, -0.2) is 0 Å². The standard InChI is InChI=1S/4C10H8S/c4*1-2-5-9(6-3-1)10-7-4-8-11-10/h4*1-8H. The average molecular weight is 641 g/mol. The fraction of sp³-hybridized carbons (Fsp3) is 0. The van der Waals surface area contributed by atoms with Gasteiger partial charge in [-0.05, 0) is 68.0 Å². The Morgan fingerprint density at radius 2 is 0.409 bits per heavy atom. The number of rotatable bonds is 4. The summed E-state index contributed by atoms with van der Waals surface area (Å²) in [6.45, 7) is 0. The van der Waals surface area contributed by atoms with Crippen molar-refractivity contribution < 1.29 is 0 Å². The minimum Gasteiger partial charge on any atom is -0.144 e. The van der Waals surface area contributed by atoms with Gasteiger partial charge in [0.1, 0.15) is 0 Å². The molecule has 0 bridgehead atoms. The highest BCUT2D eigenvalue weighted by Gasteiger charge is 1.96. The molecular weight excluding hydrogens is 609 g/mol. The van der Waals surface area contributed by atoms with Gasteiger partial charge < -0.3 is 0 Å². The van der Waals surface area contributed by atoms with Crippen LogP contribution in [0.5, 0.6) is 0 Å². The van der Waals surface area contributed by atoms with E-state index in [0.717, 1.165) is 0 Å². The summed E-state index contributed by atoms with van der Waals surface area (Å²) in [4.78, 5) is 5.35. The fourth-order valence-corrected chi connectivity index (χ4v) is 7.11. The van der Waals surface area contributed by atoms with E-state index in [4.69, 9.17) is 0 Å². The van der Waals surface area contributed by atoms with Gasteiger partial charge in [-0.25, -0.2) is 0 Å². The third kappa shape index (κ3) is 9.87. The van der Waals surface area contributed by atoms with Crippen LogP contribution in [0.4, 0.5) is 0 Å². The normalized spacial score (nSPS) is 9.82. The maximum absolute atomic E-state index is 2.14. The molecule has 4 heteroatoms. The van der Waals surface area contributed by atoms with E-state index in [9.17, 15) is 0 Å². The molecule has 0 amide bonds. The first-order valence-electron chi connectivity index (χ1n) is 14.2. The molecular formula is C40H32S4. The van der Waals surface area contributed by atoms with Crippen LogP contribution in [0.3, 0.4) is 0 Å². The van der Waals surface area contributed by atoms with E-state index >= 15 is 0 Å². The smallest absolute Gasteiger partial charge is 0.0342 e. The number of benzene rings is 4. The highest BCUT2D eigenvalue weighted by molar-refractivity contribution is 7.14. The SMILES string of the molecule is c1ccc(-c2cccs2)cc1.c1ccc(-c2cccs2)cc1.c1ccc(-c2cccs2)cc1.c1ccc(-c2cccs2)cc1. The van der Waals surface area contributed by atoms with Crippen LogP contribution in [0.15, 0.2) is 191 Å². The van der Waals surface area contributed by atoms with Crippen LogP contribution in [0, 0.1) is 0 Å². The molecule has 0 aliphatic carbocycles. The van der Waals surface area contributed by atoms with Crippen molar-refractivity contribution in [1.82, 2.24) is 0 Å². The van der Waals surface area contributed by atoms with Gasteiger partial charge in [0.05, 0.1) is 0 Å². The molecule has 0 atom stereocenters. The van der Waals surface area contributed by atoms with Gasteiger partial charge in [-0.1, -0.05) is 146 Å². The van der Waals surface area contributed by atoms with Gasteiger partial charge in [0, 0.05) is 19.5 Å². The predicted molar refractivity (Wildman–Crippen MR) is 199 cm³/mol. The lowest BCUT2D eigenvalue weighted by Crippen LogP contribution is -1.67. The van der Waals surface area contributed by atoms with Gasteiger partial charge in [0.25, 0.3) is 0 Å². The topological polar surface area (TPSA) is 0 Å². The summed E-state index contributed by atoms with van der Waals surface area (Å²) in [5.41, 5.74) is 5.23. The first-order valence-corrected chi connectivity index (χ1v) is 17.7. The van der Waals surface area contributed by atoms with Gasteiger partial charge in [0.2, 0.25) is 0 Å². The summed E-state index contributed by atoms with van der Waals surface area (Å²) in [6.07, 6.45) is 0. The zero-order valence-corrected chi connectivity index (χ0v) is 27.4. The second-order valence-corrected chi connectivity index (χ2v) is 13.2. The number of hydrogen-bond donors (Lipinski definition) is 0. The van der Waals surface area contributed by atoms with Crippen LogP contribution < -0.4 is 0 Å². The molecule has 8 rings (SSSR count). The van der Waals surface area contributed by atoms with Gasteiger partial charge in [-0.3, -0.25) is 0 Å². The predicted octanol–water partition coefficient (Wildman–Crippen LogP) is 13.7. The lowest BCUT2D eigenvalue weighted by Gasteiger charge is -1.93. The number of thiophene rings is 4. The molecule has 0 spiro atoms. The zero-order valence-electron chi connectivity index (χ0n) is 24.1. The van der Waals surface area contributed by atoms with Crippen LogP contribution in [0.25, 0.3) is 41.8 Å². The molecule has 0 aliphatic rings. The molecule has 4 heterocycles. The van der Waals surface area contributed by atoms with Gasteiger partial charge >= 0.3 is 0 Å². The van der Waals surface area contributed by atoms with Crippen molar-refractivity contribution in [2.45, 2.75) is 0 Å². The Labute approximate surface area is 276 Å². The summed E-state index contributed by atoms with van der Waals surface area (Å²) < 4.78 is 0. The molecule has 0 saturated heterocycles. The Kier molecular flexibility index (Phi) is 12.5. The van der Waals surface area contributed by atoms with Crippen molar-refractivity contribution in [3.8, 4) is 41.8 Å². The molecule has 44 heavy (non-hydrogen) atoms. The molecule has 0 N–H and O–H groups in total. The van der Waals surface area contributed by atoms with Crippen molar-refractivity contribution in [2.75, 3.05) is 0 Å². The molecule has 4 aromatic heterocycles.